The van der Waals surface area contributed by atoms with Gasteiger partial charge in [0, 0.05) is 6.54 Å². The van der Waals surface area contributed by atoms with E-state index < -0.39 is 0 Å². The Labute approximate surface area is 143 Å². The molecule has 4 rings (SSSR count). The second kappa shape index (κ2) is 6.95. The predicted octanol–water partition coefficient (Wildman–Crippen LogP) is 3.92. The number of amides is 1. The van der Waals surface area contributed by atoms with Gasteiger partial charge in [-0.15, -0.1) is 0 Å². The Morgan fingerprint density at radius 3 is 2.58 bits per heavy atom. The number of hydrogen-bond acceptors (Lipinski definition) is 3. The van der Waals surface area contributed by atoms with Crippen LogP contribution in [0.4, 0.5) is 5.69 Å². The topological polar surface area (TPSA) is 41.6 Å². The van der Waals surface area contributed by atoms with Gasteiger partial charge in [-0.05, 0) is 42.2 Å². The van der Waals surface area contributed by atoms with Gasteiger partial charge in [0.1, 0.15) is 11.9 Å². The number of carbonyl (C=O) groups excluding carboxylic acids is 1. The van der Waals surface area contributed by atoms with Gasteiger partial charge in [-0.2, -0.15) is 0 Å². The third-order valence-electron chi connectivity index (χ3n) is 4.51. The van der Waals surface area contributed by atoms with Gasteiger partial charge in [-0.3, -0.25) is 4.79 Å². The lowest BCUT2D eigenvalue weighted by Crippen LogP contribution is -2.48. The van der Waals surface area contributed by atoms with Crippen molar-refractivity contribution in [3.8, 4) is 5.75 Å². The summed E-state index contributed by atoms with van der Waals surface area (Å²) in [5, 5.41) is 3.13. The van der Waals surface area contributed by atoms with Gasteiger partial charge < -0.3 is 15.0 Å². The third kappa shape index (κ3) is 2.73. The molecule has 0 aromatic heterocycles. The van der Waals surface area contributed by atoms with Crippen LogP contribution in [0.3, 0.4) is 0 Å². The van der Waals surface area contributed by atoms with Crippen molar-refractivity contribution in [1.29, 1.82) is 0 Å². The van der Waals surface area contributed by atoms with Crippen molar-refractivity contribution in [3.05, 3.63) is 59.2 Å². The fourth-order valence-corrected chi connectivity index (χ4v) is 3.45. The van der Waals surface area contributed by atoms with Gasteiger partial charge >= 0.3 is 0 Å². The number of carbonyl (C=O) groups is 1. The molecule has 126 valence electrons. The Kier molecular flexibility index (Phi) is 4.74. The largest absolute Gasteiger partial charge is 0.497 e. The van der Waals surface area contributed by atoms with E-state index in [1.165, 1.54) is 5.56 Å². The van der Waals surface area contributed by atoms with Crippen molar-refractivity contribution in [2.45, 2.75) is 32.9 Å². The number of aryl methyl sites for hydroxylation is 1. The molecule has 4 nitrogen and oxygen atoms in total. The molecule has 1 amide bonds. The maximum absolute atomic E-state index is 12.5. The molecule has 2 aliphatic rings. The molecule has 2 heterocycles. The zero-order chi connectivity index (χ0) is 17.1. The van der Waals surface area contributed by atoms with Crippen molar-refractivity contribution < 1.29 is 9.53 Å². The maximum atomic E-state index is 12.5. The summed E-state index contributed by atoms with van der Waals surface area (Å²) in [6, 6.07) is 13.9. The summed E-state index contributed by atoms with van der Waals surface area (Å²) in [6.45, 7) is 4.96. The summed E-state index contributed by atoms with van der Waals surface area (Å²) in [4.78, 5) is 14.8. The SMILES string of the molecule is CC.COc1ccc([C@H]2NC(=O)c3cccc4c3N2CCC4)cc1. The predicted molar refractivity (Wildman–Crippen MR) is 96.7 cm³/mol. The molecule has 1 N–H and O–H groups in total. The Hall–Kier alpha value is -2.49. The second-order valence-electron chi connectivity index (χ2n) is 5.76. The molecule has 4 heteroatoms. The molecule has 0 spiro atoms. The van der Waals surface area contributed by atoms with Crippen LogP contribution in [0.1, 0.15) is 47.9 Å². The Bertz CT molecular complexity index is 725. The van der Waals surface area contributed by atoms with Gasteiger partial charge in [-0.1, -0.05) is 38.1 Å². The molecule has 0 saturated carbocycles. The fourth-order valence-electron chi connectivity index (χ4n) is 3.45. The van der Waals surface area contributed by atoms with E-state index in [-0.39, 0.29) is 12.1 Å². The Balaban J connectivity index is 0.000000815. The van der Waals surface area contributed by atoms with Crippen LogP contribution in [-0.4, -0.2) is 19.6 Å². The molecular weight excluding hydrogens is 300 g/mol. The van der Waals surface area contributed by atoms with Gasteiger partial charge in [0.05, 0.1) is 18.4 Å². The van der Waals surface area contributed by atoms with Crippen LogP contribution in [0, 0.1) is 0 Å². The molecule has 0 saturated heterocycles. The van der Waals surface area contributed by atoms with Gasteiger partial charge in [0.2, 0.25) is 0 Å². The number of hydrogen-bond donors (Lipinski definition) is 1. The lowest BCUT2D eigenvalue weighted by Gasteiger charge is -2.42. The van der Waals surface area contributed by atoms with E-state index in [1.54, 1.807) is 7.11 Å². The number of nitrogens with one attached hydrogen (secondary N) is 1. The van der Waals surface area contributed by atoms with Gasteiger partial charge in [-0.25, -0.2) is 0 Å². The van der Waals surface area contributed by atoms with Crippen LogP contribution < -0.4 is 15.0 Å². The number of benzene rings is 2. The standard InChI is InChI=1S/C18H18N2O2.C2H6/c1-22-14-9-7-13(8-10-14)17-19-18(21)15-6-2-4-12-5-3-11-20(17)16(12)15;1-2/h2,4,6-10,17H,3,5,11H2,1H3,(H,19,21);1-2H3/t17-;/m0./s1. The van der Waals surface area contributed by atoms with Crippen LogP contribution in [0.15, 0.2) is 42.5 Å². The molecule has 0 bridgehead atoms. The quantitative estimate of drug-likeness (QED) is 0.910. The van der Waals surface area contributed by atoms with Crippen LogP contribution in [0.25, 0.3) is 0 Å². The zero-order valence-electron chi connectivity index (χ0n) is 14.5. The number of rotatable bonds is 2. The fraction of sp³-hybridized carbons (Fsp3) is 0.350. The Morgan fingerprint density at radius 2 is 1.88 bits per heavy atom. The molecule has 2 aromatic carbocycles. The molecule has 0 unspecified atom stereocenters. The zero-order valence-corrected chi connectivity index (χ0v) is 14.5. The van der Waals surface area contributed by atoms with Crippen LogP contribution in [-0.2, 0) is 6.42 Å². The van der Waals surface area contributed by atoms with Crippen molar-refractivity contribution in [1.82, 2.24) is 5.32 Å². The summed E-state index contributed by atoms with van der Waals surface area (Å²) in [5.41, 5.74) is 4.26. The van der Waals surface area contributed by atoms with Crippen molar-refractivity contribution in [3.63, 3.8) is 0 Å². The van der Waals surface area contributed by atoms with E-state index in [9.17, 15) is 4.79 Å². The summed E-state index contributed by atoms with van der Waals surface area (Å²) in [6.07, 6.45) is 2.05. The minimum Gasteiger partial charge on any atom is -0.497 e. The number of para-hydroxylation sites is 1. The van der Waals surface area contributed by atoms with E-state index in [0.29, 0.717) is 0 Å². The molecule has 1 atom stereocenters. The maximum Gasteiger partial charge on any atom is 0.255 e. The minimum absolute atomic E-state index is 0.0100. The van der Waals surface area contributed by atoms with Gasteiger partial charge in [0.15, 0.2) is 0 Å². The summed E-state index contributed by atoms with van der Waals surface area (Å²) >= 11 is 0. The molecule has 0 radical (unpaired) electrons. The third-order valence-corrected chi connectivity index (χ3v) is 4.51. The molecule has 0 fully saturated rings. The average Bonchev–Trinajstić information content (AvgIpc) is 2.66. The second-order valence-corrected chi connectivity index (χ2v) is 5.76. The van der Waals surface area contributed by atoms with Crippen molar-refractivity contribution in [2.75, 3.05) is 18.6 Å². The normalized spacial score (nSPS) is 18.0. The highest BCUT2D eigenvalue weighted by molar-refractivity contribution is 6.03. The van der Waals surface area contributed by atoms with E-state index in [2.05, 4.69) is 16.3 Å². The molecule has 2 aromatic rings. The number of nitrogens with zero attached hydrogens (tertiary/aromatic N) is 1. The van der Waals surface area contributed by atoms with Crippen molar-refractivity contribution >= 4 is 11.6 Å². The van der Waals surface area contributed by atoms with E-state index in [0.717, 1.165) is 42.0 Å². The summed E-state index contributed by atoms with van der Waals surface area (Å²) in [5.74, 6) is 0.835. The van der Waals surface area contributed by atoms with Gasteiger partial charge in [0.25, 0.3) is 5.91 Å². The van der Waals surface area contributed by atoms with E-state index >= 15 is 0 Å². The number of methoxy groups -OCH3 is 1. The lowest BCUT2D eigenvalue weighted by atomic mass is 9.93. The van der Waals surface area contributed by atoms with Crippen LogP contribution >= 0.6 is 0 Å². The number of anilines is 1. The molecular formula is C20H24N2O2. The first-order valence-electron chi connectivity index (χ1n) is 8.61. The molecule has 24 heavy (non-hydrogen) atoms. The molecule has 0 aliphatic carbocycles. The summed E-state index contributed by atoms with van der Waals surface area (Å²) in [7, 11) is 1.66. The lowest BCUT2D eigenvalue weighted by molar-refractivity contribution is 0.0925. The highest BCUT2D eigenvalue weighted by Crippen LogP contribution is 2.39. The smallest absolute Gasteiger partial charge is 0.255 e. The first-order chi connectivity index (χ1) is 11.8. The highest BCUT2D eigenvalue weighted by Gasteiger charge is 2.34. The highest BCUT2D eigenvalue weighted by atomic mass is 16.5. The molecule has 2 aliphatic heterocycles. The van der Waals surface area contributed by atoms with E-state index in [4.69, 9.17) is 4.74 Å². The van der Waals surface area contributed by atoms with Crippen LogP contribution in [0.2, 0.25) is 0 Å². The summed E-state index contributed by atoms with van der Waals surface area (Å²) < 4.78 is 5.22. The first kappa shape index (κ1) is 16.4. The van der Waals surface area contributed by atoms with E-state index in [1.807, 2.05) is 50.2 Å². The average molecular weight is 324 g/mol. The van der Waals surface area contributed by atoms with Crippen molar-refractivity contribution in [2.24, 2.45) is 0 Å². The van der Waals surface area contributed by atoms with Crippen LogP contribution in [0.5, 0.6) is 5.75 Å². The Morgan fingerprint density at radius 1 is 1.12 bits per heavy atom. The minimum atomic E-state index is -0.104. The first-order valence-corrected chi connectivity index (χ1v) is 8.61. The monoisotopic (exact) mass is 324 g/mol. The number of ether oxygens (including phenoxy) is 1.